The molecule has 0 spiro atoms. The molecule has 0 atom stereocenters. The first-order chi connectivity index (χ1) is 4.46. The second-order valence-corrected chi connectivity index (χ2v) is 10.3. The van der Waals surface area contributed by atoms with Crippen LogP contribution in [0.3, 0.4) is 0 Å². The lowest BCUT2D eigenvalue weighted by atomic mass is 10.6. The fourth-order valence-corrected chi connectivity index (χ4v) is 6.99. The first kappa shape index (κ1) is 8.35. The van der Waals surface area contributed by atoms with Gasteiger partial charge in [-0.25, -0.2) is 16.8 Å². The molecule has 60 valence electrons. The number of hydrogen-bond acceptors (Lipinski definition) is 5. The van der Waals surface area contributed by atoms with Gasteiger partial charge >= 0.3 is 7.90 Å². The third kappa shape index (κ3) is 1.30. The molecule has 1 rings (SSSR count). The van der Waals surface area contributed by atoms with Gasteiger partial charge in [0.05, 0.1) is 5.75 Å². The molecule has 0 aromatic rings. The Labute approximate surface area is 62.6 Å². The maximum atomic E-state index is 10.7. The van der Waals surface area contributed by atoms with Crippen LogP contribution in [0.25, 0.3) is 0 Å². The van der Waals surface area contributed by atoms with Crippen LogP contribution in [0.4, 0.5) is 0 Å². The van der Waals surface area contributed by atoms with Crippen LogP contribution in [-0.4, -0.2) is 28.3 Å². The van der Waals surface area contributed by atoms with Crippen molar-refractivity contribution in [1.82, 2.24) is 0 Å². The first-order valence-electron chi connectivity index (χ1n) is 2.58. The van der Waals surface area contributed by atoms with E-state index in [0.717, 1.165) is 0 Å². The zero-order chi connectivity index (χ0) is 7.83. The minimum atomic E-state index is -3.87. The van der Waals surface area contributed by atoms with Crippen LogP contribution in [0.1, 0.15) is 6.42 Å². The second-order valence-electron chi connectivity index (χ2n) is 1.85. The lowest BCUT2D eigenvalue weighted by molar-refractivity contribution is 0.588. The quantitative estimate of drug-likeness (QED) is 0.508. The van der Waals surface area contributed by atoms with E-state index in [-0.39, 0.29) is 5.75 Å². The van der Waals surface area contributed by atoms with Gasteiger partial charge < -0.3 is 0 Å². The highest BCUT2D eigenvalue weighted by Gasteiger charge is 2.33. The van der Waals surface area contributed by atoms with Crippen LogP contribution in [0, 0.1) is 0 Å². The van der Waals surface area contributed by atoms with E-state index in [2.05, 4.69) is 0 Å². The van der Waals surface area contributed by atoms with Crippen molar-refractivity contribution in [2.24, 2.45) is 0 Å². The zero-order valence-electron chi connectivity index (χ0n) is 4.98. The Morgan fingerprint density at radius 3 is 2.00 bits per heavy atom. The molecular weight excluding hydrogens is 196 g/mol. The average Bonchev–Trinajstić information content (AvgIpc) is 1.77. The van der Waals surface area contributed by atoms with Gasteiger partial charge in [-0.2, -0.15) is 0 Å². The smallest absolute Gasteiger partial charge is 0.212 e. The average molecular weight is 202 g/mol. The fourth-order valence-electron chi connectivity index (χ4n) is 0.572. The van der Waals surface area contributed by atoms with Gasteiger partial charge in [0.15, 0.2) is 0 Å². The third-order valence-corrected chi connectivity index (χ3v) is 9.70. The van der Waals surface area contributed by atoms with Gasteiger partial charge in [-0.1, -0.05) is 0 Å². The minimum Gasteiger partial charge on any atom is -0.212 e. The van der Waals surface area contributed by atoms with Crippen molar-refractivity contribution < 1.29 is 16.8 Å². The van der Waals surface area contributed by atoms with Crippen molar-refractivity contribution >= 4 is 27.6 Å². The largest absolute Gasteiger partial charge is 0.305 e. The van der Waals surface area contributed by atoms with E-state index in [1.54, 1.807) is 0 Å². The number of rotatable bonds is 0. The van der Waals surface area contributed by atoms with Crippen molar-refractivity contribution in [1.29, 1.82) is 0 Å². The van der Waals surface area contributed by atoms with Gasteiger partial charge in [-0.05, 0) is 17.2 Å². The van der Waals surface area contributed by atoms with Crippen LogP contribution in [-0.2, 0) is 16.8 Å². The van der Waals surface area contributed by atoms with E-state index in [1.807, 2.05) is 0 Å². The van der Waals surface area contributed by atoms with Gasteiger partial charge in [-0.15, -0.1) is 0 Å². The van der Waals surface area contributed by atoms with E-state index >= 15 is 0 Å². The van der Waals surface area contributed by atoms with E-state index < -0.39 is 16.8 Å². The third-order valence-electron chi connectivity index (χ3n) is 1.08. The maximum absolute atomic E-state index is 10.7. The van der Waals surface area contributed by atoms with Crippen LogP contribution < -0.4 is 0 Å². The Kier molecular flexibility index (Phi) is 1.99. The minimum absolute atomic E-state index is 0.220. The molecule has 1 saturated heterocycles. The molecule has 0 unspecified atom stereocenters. The zero-order valence-corrected chi connectivity index (χ0v) is 7.43. The van der Waals surface area contributed by atoms with E-state index in [9.17, 15) is 16.8 Å². The van der Waals surface area contributed by atoms with Crippen molar-refractivity contribution in [3.8, 4) is 0 Å². The Balaban J connectivity index is 3.17. The lowest BCUT2D eigenvalue weighted by Crippen LogP contribution is -2.21. The van der Waals surface area contributed by atoms with Gasteiger partial charge in [0.2, 0.25) is 0 Å². The Bertz CT molecular complexity index is 276. The Morgan fingerprint density at radius 1 is 1.10 bits per heavy atom. The van der Waals surface area contributed by atoms with Crippen LogP contribution in [0.5, 0.6) is 0 Å². The summed E-state index contributed by atoms with van der Waals surface area (Å²) < 4.78 is 42.7. The molecule has 4 nitrogen and oxygen atoms in total. The summed E-state index contributed by atoms with van der Waals surface area (Å²) in [7, 11) is -7.19. The van der Waals surface area contributed by atoms with Crippen LogP contribution in [0.15, 0.2) is 0 Å². The number of hydrogen-bond donors (Lipinski definition) is 0. The molecule has 1 aliphatic rings. The standard InChI is InChI=1S/C3H6O4S3/c4-9(5)3-1-2-8-10(9,6)7/h1-3H2. The molecule has 0 aromatic heterocycles. The van der Waals surface area contributed by atoms with Crippen LogP contribution >= 0.6 is 10.8 Å². The Morgan fingerprint density at radius 2 is 1.70 bits per heavy atom. The second kappa shape index (κ2) is 2.38. The van der Waals surface area contributed by atoms with E-state index in [0.29, 0.717) is 23.0 Å². The fraction of sp³-hybridized carbons (Fsp3) is 1.00. The molecule has 0 radical (unpaired) electrons. The molecule has 0 aliphatic carbocycles. The Hall–Kier alpha value is 0.250. The summed E-state index contributed by atoms with van der Waals surface area (Å²) in [6, 6.07) is 0. The molecule has 1 fully saturated rings. The molecule has 0 N–H and O–H groups in total. The molecule has 10 heavy (non-hydrogen) atoms. The monoisotopic (exact) mass is 202 g/mol. The van der Waals surface area contributed by atoms with Gasteiger partial charge in [0.1, 0.15) is 0 Å². The molecule has 0 aromatic carbocycles. The highest BCUT2D eigenvalue weighted by atomic mass is 33.5. The molecule has 0 amide bonds. The molecule has 1 heterocycles. The van der Waals surface area contributed by atoms with Crippen molar-refractivity contribution in [2.75, 3.05) is 11.5 Å². The van der Waals surface area contributed by atoms with Crippen molar-refractivity contribution in [2.45, 2.75) is 6.42 Å². The summed E-state index contributed by atoms with van der Waals surface area (Å²) in [5.41, 5.74) is 0. The molecule has 0 saturated carbocycles. The molecule has 0 bridgehead atoms. The lowest BCUT2D eigenvalue weighted by Gasteiger charge is -2.09. The highest BCUT2D eigenvalue weighted by molar-refractivity contribution is 9.02. The normalized spacial score (nSPS) is 29.6. The predicted octanol–water partition coefficient (Wildman–Crippen LogP) is -0.217. The highest BCUT2D eigenvalue weighted by Crippen LogP contribution is 2.26. The molecule has 1 aliphatic heterocycles. The first-order valence-corrected chi connectivity index (χ1v) is 7.73. The predicted molar refractivity (Wildman–Crippen MR) is 39.8 cm³/mol. The summed E-state index contributed by atoms with van der Waals surface area (Å²) in [4.78, 5) is 0. The SMILES string of the molecule is O=S1(=O)CCCSS1(=O)=O. The van der Waals surface area contributed by atoms with Gasteiger partial charge in [0.25, 0.3) is 8.87 Å². The maximum Gasteiger partial charge on any atom is 0.305 e. The van der Waals surface area contributed by atoms with Crippen LogP contribution in [0.2, 0.25) is 0 Å². The van der Waals surface area contributed by atoms with Gasteiger partial charge in [-0.3, -0.25) is 0 Å². The molecular formula is C3H6O4S3. The van der Waals surface area contributed by atoms with E-state index in [4.69, 9.17) is 0 Å². The summed E-state index contributed by atoms with van der Waals surface area (Å²) in [6.07, 6.45) is 0.437. The summed E-state index contributed by atoms with van der Waals surface area (Å²) in [5.74, 6) is 0.171. The van der Waals surface area contributed by atoms with E-state index in [1.165, 1.54) is 0 Å². The summed E-state index contributed by atoms with van der Waals surface area (Å²) >= 11 is 0. The topological polar surface area (TPSA) is 68.3 Å². The van der Waals surface area contributed by atoms with Gasteiger partial charge in [0, 0.05) is 5.75 Å². The summed E-state index contributed by atoms with van der Waals surface area (Å²) in [6.45, 7) is 0. The van der Waals surface area contributed by atoms with Crippen molar-refractivity contribution in [3.05, 3.63) is 0 Å². The summed E-state index contributed by atoms with van der Waals surface area (Å²) in [5, 5.41) is 0. The van der Waals surface area contributed by atoms with Crippen molar-refractivity contribution in [3.63, 3.8) is 0 Å². The molecule has 7 heteroatoms.